The van der Waals surface area contributed by atoms with E-state index in [2.05, 4.69) is 20.6 Å². The van der Waals surface area contributed by atoms with Crippen LogP contribution in [0.25, 0.3) is 0 Å². The second kappa shape index (κ2) is 11.1. The zero-order valence-electron chi connectivity index (χ0n) is 14.3. The Balaban J connectivity index is 0.00000364. The van der Waals surface area contributed by atoms with E-state index in [9.17, 15) is 19.5 Å². The van der Waals surface area contributed by atoms with Gasteiger partial charge in [0.25, 0.3) is 0 Å². The number of benzene rings is 1. The number of hydrogen-bond acceptors (Lipinski definition) is 5. The quantitative estimate of drug-likeness (QED) is 0.334. The van der Waals surface area contributed by atoms with Crippen LogP contribution in [-0.2, 0) is 44.3 Å². The third-order valence-electron chi connectivity index (χ3n) is 3.71. The third-order valence-corrected chi connectivity index (χ3v) is 3.71. The monoisotopic (exact) mass is 422 g/mol. The van der Waals surface area contributed by atoms with Crippen molar-refractivity contribution in [3.63, 3.8) is 0 Å². The molecular weight excluding hydrogens is 402 g/mol. The van der Waals surface area contributed by atoms with E-state index >= 15 is 0 Å². The molecule has 1 aromatic heterocycles. The summed E-state index contributed by atoms with van der Waals surface area (Å²) in [7, 11) is 0. The van der Waals surface area contributed by atoms with Gasteiger partial charge in [-0.25, -0.2) is 9.78 Å². The Labute approximate surface area is 166 Å². The van der Waals surface area contributed by atoms with Gasteiger partial charge >= 0.3 is 5.97 Å². The first-order chi connectivity index (χ1) is 12.5. The fraction of sp³-hybridized carbons (Fsp3) is 0.294. The molecule has 9 nitrogen and oxygen atoms in total. The van der Waals surface area contributed by atoms with Gasteiger partial charge in [-0.2, -0.15) is 0 Å². The predicted octanol–water partition coefficient (Wildman–Crippen LogP) is -0.795. The molecule has 2 amide bonds. The minimum Gasteiger partial charge on any atom is -0.480 e. The average molecular weight is 423 g/mol. The van der Waals surface area contributed by atoms with Crippen molar-refractivity contribution in [1.82, 2.24) is 20.6 Å². The number of carboxylic acid groups (broad SMARTS) is 1. The number of H-pyrrole nitrogens is 1. The molecule has 0 aliphatic rings. The summed E-state index contributed by atoms with van der Waals surface area (Å²) in [5.74, 6) is -2.28. The number of nitrogens with one attached hydrogen (secondary N) is 3. The summed E-state index contributed by atoms with van der Waals surface area (Å²) in [6.07, 6.45) is 3.23. The van der Waals surface area contributed by atoms with Gasteiger partial charge in [-0.1, -0.05) is 30.3 Å². The van der Waals surface area contributed by atoms with Crippen molar-refractivity contribution < 1.29 is 36.6 Å². The van der Waals surface area contributed by atoms with Gasteiger partial charge in [0.05, 0.1) is 12.9 Å². The molecule has 0 aliphatic carbocycles. The van der Waals surface area contributed by atoms with E-state index in [-0.39, 0.29) is 36.5 Å². The zero-order valence-corrected chi connectivity index (χ0v) is 15.3. The van der Waals surface area contributed by atoms with E-state index in [0.29, 0.717) is 5.69 Å². The van der Waals surface area contributed by atoms with Crippen molar-refractivity contribution in [3.05, 3.63) is 54.1 Å². The molecule has 0 bridgehead atoms. The molecule has 27 heavy (non-hydrogen) atoms. The van der Waals surface area contributed by atoms with Gasteiger partial charge in [0.1, 0.15) is 12.1 Å². The summed E-state index contributed by atoms with van der Waals surface area (Å²) in [6.45, 7) is -0.279. The number of aromatic nitrogens is 2. The SMILES string of the molecule is NCC(=O)N[C@@H](Cc1cnc[nH]1)C(=O)N[C@@H](Cc1ccccc1)C(=O)O.[Cu]. The summed E-state index contributed by atoms with van der Waals surface area (Å²) in [5.41, 5.74) is 6.68. The first-order valence-electron chi connectivity index (χ1n) is 8.03. The Morgan fingerprint density at radius 1 is 1.11 bits per heavy atom. The minimum absolute atomic E-state index is 0. The van der Waals surface area contributed by atoms with E-state index in [4.69, 9.17) is 5.73 Å². The summed E-state index contributed by atoms with van der Waals surface area (Å²) in [6, 6.07) is 6.87. The molecule has 0 spiro atoms. The van der Waals surface area contributed by atoms with E-state index in [0.717, 1.165) is 5.56 Å². The van der Waals surface area contributed by atoms with Crippen LogP contribution in [0.2, 0.25) is 0 Å². The van der Waals surface area contributed by atoms with Gasteiger partial charge in [-0.15, -0.1) is 0 Å². The Morgan fingerprint density at radius 2 is 1.81 bits per heavy atom. The molecule has 0 fully saturated rings. The topological polar surface area (TPSA) is 150 Å². The number of aliphatic carboxylic acids is 1. The normalized spacial score (nSPS) is 12.3. The zero-order chi connectivity index (χ0) is 18.9. The number of carboxylic acids is 1. The summed E-state index contributed by atoms with van der Waals surface area (Å²) < 4.78 is 0. The summed E-state index contributed by atoms with van der Waals surface area (Å²) >= 11 is 0. The molecular formula is C17H21CuN5O4. The van der Waals surface area contributed by atoms with Crippen LogP contribution in [0, 0.1) is 0 Å². The van der Waals surface area contributed by atoms with Gasteiger partial charge in [-0.05, 0) is 5.56 Å². The molecule has 2 aromatic rings. The first-order valence-corrected chi connectivity index (χ1v) is 8.03. The van der Waals surface area contributed by atoms with E-state index in [1.165, 1.54) is 12.5 Å². The number of rotatable bonds is 9. The number of hydrogen-bond donors (Lipinski definition) is 5. The standard InChI is InChI=1S/C17H21N5O4.Cu/c18-8-15(23)21-13(7-12-9-19-10-20-12)16(24)22-14(17(25)26)6-11-4-2-1-3-5-11;/h1-5,9-10,13-14H,6-8,18H2,(H,19,20)(H,21,23)(H,22,24)(H,25,26);/t13-,14-;/m0./s1. The maximum absolute atomic E-state index is 12.6. The number of imidazole rings is 1. The number of carbonyl (C=O) groups excluding carboxylic acids is 2. The fourth-order valence-corrected chi connectivity index (χ4v) is 2.40. The second-order valence-corrected chi connectivity index (χ2v) is 5.69. The molecule has 0 saturated heterocycles. The molecule has 149 valence electrons. The summed E-state index contributed by atoms with van der Waals surface area (Å²) in [5, 5.41) is 14.4. The van der Waals surface area contributed by atoms with Crippen molar-refractivity contribution >= 4 is 17.8 Å². The molecule has 6 N–H and O–H groups in total. The molecule has 1 radical (unpaired) electrons. The van der Waals surface area contributed by atoms with Crippen LogP contribution >= 0.6 is 0 Å². The molecule has 0 aliphatic heterocycles. The van der Waals surface area contributed by atoms with Crippen LogP contribution in [0.5, 0.6) is 0 Å². The van der Waals surface area contributed by atoms with Crippen molar-refractivity contribution in [2.75, 3.05) is 6.54 Å². The molecule has 1 aromatic carbocycles. The van der Waals surface area contributed by atoms with Crippen LogP contribution in [0.3, 0.4) is 0 Å². The van der Waals surface area contributed by atoms with Crippen LogP contribution in [0.4, 0.5) is 0 Å². The number of nitrogens with two attached hydrogens (primary N) is 1. The van der Waals surface area contributed by atoms with Crippen LogP contribution < -0.4 is 16.4 Å². The van der Waals surface area contributed by atoms with Gasteiger partial charge in [0.2, 0.25) is 11.8 Å². The van der Waals surface area contributed by atoms with Gasteiger partial charge in [-0.3, -0.25) is 9.59 Å². The van der Waals surface area contributed by atoms with Crippen molar-refractivity contribution in [2.45, 2.75) is 24.9 Å². The first kappa shape index (κ1) is 22.4. The molecule has 10 heteroatoms. The maximum Gasteiger partial charge on any atom is 0.326 e. The Morgan fingerprint density at radius 3 is 2.37 bits per heavy atom. The van der Waals surface area contributed by atoms with Crippen molar-refractivity contribution in [1.29, 1.82) is 0 Å². The van der Waals surface area contributed by atoms with Crippen LogP contribution in [0.1, 0.15) is 11.3 Å². The largest absolute Gasteiger partial charge is 0.480 e. The second-order valence-electron chi connectivity index (χ2n) is 5.69. The number of carbonyl (C=O) groups is 3. The molecule has 0 unspecified atom stereocenters. The molecule has 1 heterocycles. The van der Waals surface area contributed by atoms with Gasteiger partial charge in [0.15, 0.2) is 0 Å². The van der Waals surface area contributed by atoms with E-state index in [1.807, 2.05) is 6.07 Å². The number of nitrogens with zero attached hydrogens (tertiary/aromatic N) is 1. The average Bonchev–Trinajstić information content (AvgIpc) is 3.14. The maximum atomic E-state index is 12.6. The third kappa shape index (κ3) is 7.22. The Kier molecular flexibility index (Phi) is 9.21. The van der Waals surface area contributed by atoms with E-state index in [1.54, 1.807) is 24.3 Å². The van der Waals surface area contributed by atoms with Crippen LogP contribution in [0.15, 0.2) is 42.9 Å². The fourth-order valence-electron chi connectivity index (χ4n) is 2.40. The molecule has 2 rings (SSSR count). The number of aromatic amines is 1. The van der Waals surface area contributed by atoms with Crippen LogP contribution in [-0.4, -0.2) is 51.5 Å². The Hall–Kier alpha value is -2.68. The predicted molar refractivity (Wildman–Crippen MR) is 93.0 cm³/mol. The Bertz CT molecular complexity index is 739. The molecule has 2 atom stereocenters. The van der Waals surface area contributed by atoms with E-state index < -0.39 is 29.9 Å². The van der Waals surface area contributed by atoms with Crippen molar-refractivity contribution in [2.24, 2.45) is 5.73 Å². The minimum atomic E-state index is -1.16. The molecule has 0 saturated carbocycles. The summed E-state index contributed by atoms with van der Waals surface area (Å²) in [4.78, 5) is 42.4. The van der Waals surface area contributed by atoms with Gasteiger partial charge in [0, 0.05) is 41.8 Å². The smallest absolute Gasteiger partial charge is 0.326 e. The van der Waals surface area contributed by atoms with Gasteiger partial charge < -0.3 is 26.5 Å². The van der Waals surface area contributed by atoms with Crippen molar-refractivity contribution in [3.8, 4) is 0 Å². The number of amides is 2.